The van der Waals surface area contributed by atoms with Crippen LogP contribution in [0.15, 0.2) is 0 Å². The summed E-state index contributed by atoms with van der Waals surface area (Å²) in [5.74, 6) is -0.247. The average molecular weight is 346 g/mol. The van der Waals surface area contributed by atoms with Gasteiger partial charge in [-0.05, 0) is 40.0 Å². The molecule has 0 aromatic heterocycles. The van der Waals surface area contributed by atoms with Gasteiger partial charge in [0.25, 0.3) is 0 Å². The van der Waals surface area contributed by atoms with Crippen LogP contribution in [0.1, 0.15) is 47.5 Å². The third kappa shape index (κ3) is 6.42. The van der Waals surface area contributed by atoms with Crippen molar-refractivity contribution >= 4 is 10.0 Å². The van der Waals surface area contributed by atoms with Crippen molar-refractivity contribution in [1.82, 2.24) is 9.21 Å². The normalized spacial score (nSPS) is 15.9. The molecule has 0 amide bonds. The van der Waals surface area contributed by atoms with Crippen LogP contribution in [0.3, 0.4) is 0 Å². The first-order valence-electron chi connectivity index (χ1n) is 7.40. The van der Waals surface area contributed by atoms with E-state index in [2.05, 4.69) is 0 Å². The second-order valence-corrected chi connectivity index (χ2v) is 8.75. The van der Waals surface area contributed by atoms with E-state index < -0.39 is 27.9 Å². The van der Waals surface area contributed by atoms with Gasteiger partial charge in [0, 0.05) is 25.2 Å². The van der Waals surface area contributed by atoms with Crippen LogP contribution in [0, 0.1) is 5.92 Å². The van der Waals surface area contributed by atoms with Crippen LogP contribution < -0.4 is 0 Å². The lowest BCUT2D eigenvalue weighted by molar-refractivity contribution is -0.258. The molecule has 0 rings (SSSR count). The molecule has 0 radical (unpaired) electrons. The summed E-state index contributed by atoms with van der Waals surface area (Å²) in [5, 5.41) is 0. The minimum absolute atomic E-state index is 0.126. The number of hydrogen-bond acceptors (Lipinski definition) is 3. The number of sulfonamides is 1. The lowest BCUT2D eigenvalue weighted by Gasteiger charge is -2.39. The fourth-order valence-electron chi connectivity index (χ4n) is 2.51. The number of rotatable bonds is 8. The topological polar surface area (TPSA) is 40.6 Å². The van der Waals surface area contributed by atoms with E-state index >= 15 is 0 Å². The summed E-state index contributed by atoms with van der Waals surface area (Å²) in [6.07, 6.45) is -2.35. The molecule has 0 fully saturated rings. The van der Waals surface area contributed by atoms with Crippen molar-refractivity contribution in [2.45, 2.75) is 65.3 Å². The quantitative estimate of drug-likeness (QED) is 0.633. The molecule has 0 saturated heterocycles. The van der Waals surface area contributed by atoms with Crippen LogP contribution in [-0.2, 0) is 10.0 Å². The van der Waals surface area contributed by atoms with Gasteiger partial charge in [0.05, 0.1) is 6.26 Å². The third-order valence-electron chi connectivity index (χ3n) is 4.12. The largest absolute Gasteiger partial charge is 0.460 e. The minimum Gasteiger partial charge on any atom is -0.212 e. The molecule has 0 aliphatic carbocycles. The highest BCUT2D eigenvalue weighted by Gasteiger charge is 2.41. The van der Waals surface area contributed by atoms with Gasteiger partial charge >= 0.3 is 6.30 Å². The van der Waals surface area contributed by atoms with Gasteiger partial charge in [0.1, 0.15) is 0 Å². The van der Waals surface area contributed by atoms with Gasteiger partial charge in [-0.15, -0.1) is 0 Å². The van der Waals surface area contributed by atoms with Crippen molar-refractivity contribution < 1.29 is 21.6 Å². The van der Waals surface area contributed by atoms with Gasteiger partial charge in [-0.1, -0.05) is 13.3 Å². The monoisotopic (exact) mass is 346 g/mol. The van der Waals surface area contributed by atoms with Gasteiger partial charge in [-0.25, -0.2) is 13.3 Å². The standard InChI is InChI=1S/C14H29F3N2O2S/c1-8-12(10-19(11(2)3)14(15,16)17)9-13(4,5)18(6)22(7,20)21/h11-12H,8-10H2,1-7H3. The molecule has 1 unspecified atom stereocenters. The summed E-state index contributed by atoms with van der Waals surface area (Å²) in [6.45, 7) is 8.20. The Labute approximate surface area is 132 Å². The Morgan fingerprint density at radius 1 is 1.14 bits per heavy atom. The molecule has 0 N–H and O–H groups in total. The molecule has 0 heterocycles. The van der Waals surface area contributed by atoms with Crippen LogP contribution in [0.4, 0.5) is 13.2 Å². The summed E-state index contributed by atoms with van der Waals surface area (Å²) in [4.78, 5) is 0.512. The zero-order chi connectivity index (χ0) is 17.9. The summed E-state index contributed by atoms with van der Waals surface area (Å²) >= 11 is 0. The Hall–Kier alpha value is -0.340. The smallest absolute Gasteiger partial charge is 0.212 e. The van der Waals surface area contributed by atoms with Crippen molar-refractivity contribution in [3.05, 3.63) is 0 Å². The maximum Gasteiger partial charge on any atom is 0.460 e. The van der Waals surface area contributed by atoms with Crippen molar-refractivity contribution in [3.8, 4) is 0 Å². The van der Waals surface area contributed by atoms with Crippen LogP contribution in [0.2, 0.25) is 0 Å². The number of alkyl halides is 3. The van der Waals surface area contributed by atoms with E-state index in [1.807, 2.05) is 6.92 Å². The second kappa shape index (κ2) is 7.49. The molecular formula is C14H29F3N2O2S. The lowest BCUT2D eigenvalue weighted by atomic mass is 9.88. The Morgan fingerprint density at radius 2 is 1.59 bits per heavy atom. The second-order valence-electron chi connectivity index (χ2n) is 6.74. The van der Waals surface area contributed by atoms with E-state index in [1.165, 1.54) is 25.2 Å². The van der Waals surface area contributed by atoms with E-state index in [4.69, 9.17) is 0 Å². The molecule has 0 aliphatic rings. The van der Waals surface area contributed by atoms with Crippen LogP contribution in [-0.4, -0.2) is 55.4 Å². The zero-order valence-corrected chi connectivity index (χ0v) is 15.3. The van der Waals surface area contributed by atoms with E-state index in [9.17, 15) is 21.6 Å². The van der Waals surface area contributed by atoms with E-state index in [-0.39, 0.29) is 12.5 Å². The fraction of sp³-hybridized carbons (Fsp3) is 1.00. The summed E-state index contributed by atoms with van der Waals surface area (Å²) in [6, 6.07) is -0.648. The Bertz CT molecular complexity index is 447. The summed E-state index contributed by atoms with van der Waals surface area (Å²) in [7, 11) is -1.93. The predicted octanol–water partition coefficient (Wildman–Crippen LogP) is 3.30. The van der Waals surface area contributed by atoms with Crippen molar-refractivity contribution in [2.75, 3.05) is 19.8 Å². The van der Waals surface area contributed by atoms with Crippen LogP contribution >= 0.6 is 0 Å². The molecule has 8 heteroatoms. The highest BCUT2D eigenvalue weighted by atomic mass is 32.2. The Balaban J connectivity index is 5.14. The van der Waals surface area contributed by atoms with E-state index in [0.29, 0.717) is 17.7 Å². The van der Waals surface area contributed by atoms with Gasteiger partial charge < -0.3 is 0 Å². The van der Waals surface area contributed by atoms with E-state index in [0.717, 1.165) is 6.26 Å². The number of halogens is 3. The molecule has 0 aromatic rings. The lowest BCUT2D eigenvalue weighted by Crippen LogP contribution is -2.49. The Morgan fingerprint density at radius 3 is 1.86 bits per heavy atom. The first-order valence-corrected chi connectivity index (χ1v) is 9.25. The highest BCUT2D eigenvalue weighted by Crippen LogP contribution is 2.31. The molecular weight excluding hydrogens is 317 g/mol. The highest BCUT2D eigenvalue weighted by molar-refractivity contribution is 7.88. The maximum absolute atomic E-state index is 13.1. The maximum atomic E-state index is 13.1. The number of hydrogen-bond donors (Lipinski definition) is 0. The molecule has 0 saturated carbocycles. The van der Waals surface area contributed by atoms with Gasteiger partial charge in [-0.2, -0.15) is 17.5 Å². The first-order chi connectivity index (χ1) is 9.63. The van der Waals surface area contributed by atoms with E-state index in [1.54, 1.807) is 13.8 Å². The molecule has 0 aromatic carbocycles. The molecule has 1 atom stereocenters. The van der Waals surface area contributed by atoms with Gasteiger partial charge in [0.15, 0.2) is 0 Å². The minimum atomic E-state index is -4.38. The molecule has 0 spiro atoms. The molecule has 0 bridgehead atoms. The van der Waals surface area contributed by atoms with Crippen LogP contribution in [0.25, 0.3) is 0 Å². The first kappa shape index (κ1) is 21.7. The predicted molar refractivity (Wildman–Crippen MR) is 83.0 cm³/mol. The number of nitrogens with zero attached hydrogens (tertiary/aromatic N) is 2. The van der Waals surface area contributed by atoms with Gasteiger partial charge in [-0.3, -0.25) is 0 Å². The van der Waals surface area contributed by atoms with Crippen molar-refractivity contribution in [1.29, 1.82) is 0 Å². The van der Waals surface area contributed by atoms with Crippen molar-refractivity contribution in [3.63, 3.8) is 0 Å². The van der Waals surface area contributed by atoms with Crippen LogP contribution in [0.5, 0.6) is 0 Å². The molecule has 22 heavy (non-hydrogen) atoms. The summed E-state index contributed by atoms with van der Waals surface area (Å²) < 4.78 is 63.8. The SMILES string of the molecule is CCC(CN(C(C)C)C(F)(F)F)CC(C)(C)N(C)S(C)(=O)=O. The van der Waals surface area contributed by atoms with Crippen molar-refractivity contribution in [2.24, 2.45) is 5.92 Å². The van der Waals surface area contributed by atoms with Gasteiger partial charge in [0.2, 0.25) is 10.0 Å². The molecule has 134 valence electrons. The molecule has 0 aliphatic heterocycles. The average Bonchev–Trinajstić information content (AvgIpc) is 2.29. The fourth-order valence-corrected chi connectivity index (χ4v) is 3.48. The Kier molecular flexibility index (Phi) is 7.37. The third-order valence-corrected chi connectivity index (χ3v) is 5.61. The zero-order valence-electron chi connectivity index (χ0n) is 14.5. The molecule has 4 nitrogen and oxygen atoms in total. The summed E-state index contributed by atoms with van der Waals surface area (Å²) in [5.41, 5.74) is -0.734.